The molecule has 0 aliphatic carbocycles. The number of carbonyl (C=O) groups excluding carboxylic acids is 1. The summed E-state index contributed by atoms with van der Waals surface area (Å²) >= 11 is 0. The molecular weight excluding hydrogens is 356 g/mol. The van der Waals surface area contributed by atoms with Crippen LogP contribution in [0, 0.1) is 0 Å². The molecule has 1 aliphatic rings. The van der Waals surface area contributed by atoms with Crippen molar-refractivity contribution in [3.8, 4) is 0 Å². The van der Waals surface area contributed by atoms with E-state index in [4.69, 9.17) is 4.74 Å². The van der Waals surface area contributed by atoms with Gasteiger partial charge in [0.15, 0.2) is 0 Å². The first-order chi connectivity index (χ1) is 13.5. The summed E-state index contributed by atoms with van der Waals surface area (Å²) in [6, 6.07) is 11.8. The number of carbonyl (C=O) groups is 1. The van der Waals surface area contributed by atoms with E-state index in [1.54, 1.807) is 12.1 Å². The Labute approximate surface area is 163 Å². The predicted molar refractivity (Wildman–Crippen MR) is 107 cm³/mol. The van der Waals surface area contributed by atoms with Crippen molar-refractivity contribution in [2.24, 2.45) is 0 Å². The third kappa shape index (κ3) is 3.72. The second kappa shape index (κ2) is 7.61. The Morgan fingerprint density at radius 1 is 1.29 bits per heavy atom. The van der Waals surface area contributed by atoms with Crippen molar-refractivity contribution >= 4 is 22.7 Å². The van der Waals surface area contributed by atoms with Gasteiger partial charge in [-0.1, -0.05) is 12.1 Å². The summed E-state index contributed by atoms with van der Waals surface area (Å²) in [5.74, 6) is -0.334. The fourth-order valence-electron chi connectivity index (χ4n) is 3.69. The highest BCUT2D eigenvalue weighted by atomic mass is 16.5. The molecule has 1 saturated heterocycles. The van der Waals surface area contributed by atoms with E-state index < -0.39 is 6.23 Å². The number of pyridine rings is 1. The molecule has 2 aromatic heterocycles. The van der Waals surface area contributed by atoms with Gasteiger partial charge in [-0.3, -0.25) is 5.32 Å². The third-order valence-corrected chi connectivity index (χ3v) is 5.04. The second-order valence-corrected chi connectivity index (χ2v) is 7.23. The molecule has 2 atom stereocenters. The number of aromatic nitrogens is 2. The number of rotatable bonds is 4. The Morgan fingerprint density at radius 2 is 2.07 bits per heavy atom. The van der Waals surface area contributed by atoms with Crippen LogP contribution < -0.4 is 10.2 Å². The molecule has 2 N–H and O–H groups in total. The molecule has 1 aromatic carbocycles. The average Bonchev–Trinajstić information content (AvgIpc) is 3.09. The van der Waals surface area contributed by atoms with Gasteiger partial charge >= 0.3 is 5.97 Å². The van der Waals surface area contributed by atoms with Crippen molar-refractivity contribution in [1.82, 2.24) is 14.9 Å². The molecule has 7 heteroatoms. The largest absolute Gasteiger partial charge is 0.465 e. The zero-order valence-corrected chi connectivity index (χ0v) is 16.0. The van der Waals surface area contributed by atoms with Gasteiger partial charge in [0, 0.05) is 30.7 Å². The van der Waals surface area contributed by atoms with E-state index in [9.17, 15) is 9.90 Å². The first-order valence-electron chi connectivity index (χ1n) is 9.34. The highest BCUT2D eigenvalue weighted by molar-refractivity contribution is 5.89. The summed E-state index contributed by atoms with van der Waals surface area (Å²) < 4.78 is 6.82. The lowest BCUT2D eigenvalue weighted by atomic mass is 10.1. The van der Waals surface area contributed by atoms with Crippen molar-refractivity contribution in [3.63, 3.8) is 0 Å². The van der Waals surface area contributed by atoms with Crippen LogP contribution in [0.3, 0.4) is 0 Å². The van der Waals surface area contributed by atoms with Crippen molar-refractivity contribution in [1.29, 1.82) is 0 Å². The van der Waals surface area contributed by atoms with Crippen molar-refractivity contribution in [2.45, 2.75) is 25.7 Å². The number of ether oxygens (including phenoxy) is 1. The molecule has 1 aliphatic heterocycles. The summed E-state index contributed by atoms with van der Waals surface area (Å²) in [7, 11) is 1.38. The molecule has 0 saturated carbocycles. The lowest BCUT2D eigenvalue weighted by Crippen LogP contribution is -2.55. The number of β-amino-alcohol motifs (C(OH)–C–C–N with tert-alkyl or cyclic N) is 1. The normalized spacial score (nSPS) is 19.8. The zero-order chi connectivity index (χ0) is 19.7. The van der Waals surface area contributed by atoms with Gasteiger partial charge in [0.1, 0.15) is 11.9 Å². The number of methoxy groups -OCH3 is 1. The lowest BCUT2D eigenvalue weighted by Gasteiger charge is -2.36. The lowest BCUT2D eigenvalue weighted by molar-refractivity contribution is 0.0600. The Kier molecular flexibility index (Phi) is 5.02. The van der Waals surface area contributed by atoms with E-state index in [1.165, 1.54) is 7.11 Å². The number of aliphatic hydroxyl groups excluding tert-OH is 1. The maximum absolute atomic E-state index is 11.6. The molecule has 0 unspecified atom stereocenters. The average molecular weight is 380 g/mol. The molecular formula is C21H24N4O3. The summed E-state index contributed by atoms with van der Waals surface area (Å²) in [6.45, 7) is 4.10. The topological polar surface area (TPSA) is 79.6 Å². The van der Waals surface area contributed by atoms with Gasteiger partial charge in [0.05, 0.1) is 31.1 Å². The van der Waals surface area contributed by atoms with Crippen LogP contribution in [0.25, 0.3) is 11.0 Å². The van der Waals surface area contributed by atoms with E-state index in [0.29, 0.717) is 18.7 Å². The van der Waals surface area contributed by atoms with Crippen LogP contribution >= 0.6 is 0 Å². The van der Waals surface area contributed by atoms with Crippen LogP contribution in [0.5, 0.6) is 0 Å². The number of fused-ring (bicyclic) bond motifs is 1. The van der Waals surface area contributed by atoms with Crippen LogP contribution in [0.4, 0.5) is 5.69 Å². The van der Waals surface area contributed by atoms with Crippen molar-refractivity contribution in [2.75, 3.05) is 25.1 Å². The summed E-state index contributed by atoms with van der Waals surface area (Å²) in [4.78, 5) is 18.4. The minimum atomic E-state index is -0.531. The first kappa shape index (κ1) is 18.5. The highest BCUT2D eigenvalue weighted by Gasteiger charge is 2.22. The van der Waals surface area contributed by atoms with Crippen LogP contribution in [0.15, 0.2) is 48.8 Å². The standard InChI is InChI=1S/C21H24N4O3/c1-14-11-25(13-19(26)23-14)18-9-17-7-8-24(20(17)22-10-18)12-15-3-5-16(6-4-15)21(27)28-2/h3-10,14,19,23,26H,11-13H2,1-2H3/t14-,19+/m1/s1. The molecule has 4 rings (SSSR count). The van der Waals surface area contributed by atoms with Gasteiger partial charge < -0.3 is 19.3 Å². The number of hydrogen-bond acceptors (Lipinski definition) is 6. The SMILES string of the molecule is COC(=O)c1ccc(Cn2ccc3cc(N4C[C@@H](C)N[C@@H](O)C4)cnc32)cc1. The summed E-state index contributed by atoms with van der Waals surface area (Å²) in [5, 5.41) is 14.1. The second-order valence-electron chi connectivity index (χ2n) is 7.23. The Balaban J connectivity index is 1.54. The smallest absolute Gasteiger partial charge is 0.337 e. The summed E-state index contributed by atoms with van der Waals surface area (Å²) in [5.41, 5.74) is 3.54. The zero-order valence-electron chi connectivity index (χ0n) is 16.0. The minimum Gasteiger partial charge on any atom is -0.465 e. The van der Waals surface area contributed by atoms with Gasteiger partial charge in [-0.2, -0.15) is 0 Å². The van der Waals surface area contributed by atoms with Crippen LogP contribution in [0.2, 0.25) is 0 Å². The van der Waals surface area contributed by atoms with E-state index in [1.807, 2.05) is 24.5 Å². The van der Waals surface area contributed by atoms with Gasteiger partial charge in [0.2, 0.25) is 0 Å². The van der Waals surface area contributed by atoms with Gasteiger partial charge in [-0.05, 0) is 36.8 Å². The molecule has 0 radical (unpaired) electrons. The number of aliphatic hydroxyl groups is 1. The number of nitrogens with zero attached hydrogens (tertiary/aromatic N) is 3. The fourth-order valence-corrected chi connectivity index (χ4v) is 3.69. The Bertz CT molecular complexity index is 973. The Morgan fingerprint density at radius 3 is 2.79 bits per heavy atom. The van der Waals surface area contributed by atoms with Crippen LogP contribution in [-0.2, 0) is 11.3 Å². The maximum atomic E-state index is 11.6. The van der Waals surface area contributed by atoms with E-state index in [-0.39, 0.29) is 12.0 Å². The highest BCUT2D eigenvalue weighted by Crippen LogP contribution is 2.23. The minimum absolute atomic E-state index is 0.219. The fraction of sp³-hybridized carbons (Fsp3) is 0.333. The maximum Gasteiger partial charge on any atom is 0.337 e. The molecule has 146 valence electrons. The van der Waals surface area contributed by atoms with Crippen molar-refractivity contribution < 1.29 is 14.6 Å². The van der Waals surface area contributed by atoms with E-state index in [0.717, 1.165) is 28.8 Å². The summed E-state index contributed by atoms with van der Waals surface area (Å²) in [6.07, 6.45) is 3.35. The number of benzene rings is 1. The van der Waals surface area contributed by atoms with Gasteiger partial charge in [0.25, 0.3) is 0 Å². The first-order valence-corrected chi connectivity index (χ1v) is 9.34. The number of esters is 1. The quantitative estimate of drug-likeness (QED) is 0.674. The molecule has 0 spiro atoms. The molecule has 3 heterocycles. The molecule has 0 bridgehead atoms. The van der Waals surface area contributed by atoms with Crippen molar-refractivity contribution in [3.05, 3.63) is 59.9 Å². The molecule has 3 aromatic rings. The third-order valence-electron chi connectivity index (χ3n) is 5.04. The number of nitrogens with one attached hydrogen (secondary N) is 1. The predicted octanol–water partition coefficient (Wildman–Crippen LogP) is 1.99. The van der Waals surface area contributed by atoms with Gasteiger partial charge in [-0.15, -0.1) is 0 Å². The monoisotopic (exact) mass is 380 g/mol. The van der Waals surface area contributed by atoms with Gasteiger partial charge in [-0.25, -0.2) is 9.78 Å². The number of piperazine rings is 1. The Hall–Kier alpha value is -2.90. The van der Waals surface area contributed by atoms with E-state index in [2.05, 4.69) is 38.8 Å². The molecule has 0 amide bonds. The molecule has 7 nitrogen and oxygen atoms in total. The van der Waals surface area contributed by atoms with Crippen LogP contribution in [-0.4, -0.2) is 53.1 Å². The van der Waals surface area contributed by atoms with Crippen LogP contribution in [0.1, 0.15) is 22.8 Å². The van der Waals surface area contributed by atoms with E-state index >= 15 is 0 Å². The number of anilines is 1. The molecule has 28 heavy (non-hydrogen) atoms. The molecule has 1 fully saturated rings. The number of hydrogen-bond donors (Lipinski definition) is 2.